The number of benzene rings is 2. The Balaban J connectivity index is 0.000000226. The fourth-order valence-electron chi connectivity index (χ4n) is 2.81. The number of hydrogen-bond acceptors (Lipinski definition) is 1. The maximum Gasteiger partial charge on any atom is 0.0723 e. The second-order valence-corrected chi connectivity index (χ2v) is 6.38. The molecule has 5 rings (SSSR count). The SMILES string of the molecule is C1=CC[Si]=C1.[Ru].c1ccc2c(c1)[nH]c1c3cccnc3ccc21. The van der Waals surface area contributed by atoms with Gasteiger partial charge >= 0.3 is 0 Å². The number of pyridine rings is 1. The molecule has 4 aromatic rings. The number of fused-ring (bicyclic) bond motifs is 5. The van der Waals surface area contributed by atoms with Gasteiger partial charge in [-0.05, 0) is 30.3 Å². The van der Waals surface area contributed by atoms with E-state index >= 15 is 0 Å². The average molecular weight is 400 g/mol. The van der Waals surface area contributed by atoms with Crippen molar-refractivity contribution in [1.82, 2.24) is 9.97 Å². The van der Waals surface area contributed by atoms with Crippen molar-refractivity contribution >= 4 is 47.5 Å². The minimum Gasteiger partial charge on any atom is -0.354 e. The zero-order valence-electron chi connectivity index (χ0n) is 12.4. The predicted octanol–water partition coefficient (Wildman–Crippen LogP) is 4.35. The molecule has 4 heteroatoms. The minimum atomic E-state index is 0. The van der Waals surface area contributed by atoms with E-state index in [2.05, 4.69) is 70.3 Å². The van der Waals surface area contributed by atoms with Crippen molar-refractivity contribution in [3.63, 3.8) is 0 Å². The molecule has 1 aliphatic rings. The summed E-state index contributed by atoms with van der Waals surface area (Å²) in [6, 6.07) is 18.0. The van der Waals surface area contributed by atoms with Crippen LogP contribution in [0.5, 0.6) is 0 Å². The first-order valence-corrected chi connectivity index (χ1v) is 8.68. The predicted molar refractivity (Wildman–Crippen MR) is 96.9 cm³/mol. The molecule has 2 aromatic heterocycles. The Morgan fingerprint density at radius 2 is 1.78 bits per heavy atom. The molecule has 0 unspecified atom stereocenters. The molecular weight excluding hydrogens is 385 g/mol. The molecule has 0 fully saturated rings. The van der Waals surface area contributed by atoms with Crippen LogP contribution in [0.15, 0.2) is 66.9 Å². The van der Waals surface area contributed by atoms with Crippen molar-refractivity contribution in [3.05, 3.63) is 66.9 Å². The smallest absolute Gasteiger partial charge is 0.0723 e. The Labute approximate surface area is 149 Å². The van der Waals surface area contributed by atoms with Crippen molar-refractivity contribution < 1.29 is 19.5 Å². The van der Waals surface area contributed by atoms with Gasteiger partial charge < -0.3 is 4.98 Å². The Kier molecular flexibility index (Phi) is 4.94. The van der Waals surface area contributed by atoms with Crippen molar-refractivity contribution in [2.75, 3.05) is 0 Å². The molecule has 1 N–H and O–H groups in total. The van der Waals surface area contributed by atoms with Gasteiger partial charge in [0.15, 0.2) is 0 Å². The van der Waals surface area contributed by atoms with Crippen molar-refractivity contribution in [3.8, 4) is 0 Å². The molecule has 0 saturated carbocycles. The van der Waals surface area contributed by atoms with E-state index in [4.69, 9.17) is 0 Å². The van der Waals surface area contributed by atoms with Crippen LogP contribution in [0.3, 0.4) is 0 Å². The number of H-pyrrole nitrogens is 1. The van der Waals surface area contributed by atoms with Crippen molar-refractivity contribution in [2.45, 2.75) is 6.04 Å². The molecule has 3 heterocycles. The summed E-state index contributed by atoms with van der Waals surface area (Å²) in [6.07, 6.45) is 6.15. The van der Waals surface area contributed by atoms with Crippen LogP contribution in [0.1, 0.15) is 0 Å². The summed E-state index contributed by atoms with van der Waals surface area (Å²) in [4.78, 5) is 7.86. The van der Waals surface area contributed by atoms with Gasteiger partial charge in [0.25, 0.3) is 0 Å². The fourth-order valence-corrected chi connectivity index (χ4v) is 3.49. The summed E-state index contributed by atoms with van der Waals surface area (Å²) >= 11 is 0. The second kappa shape index (κ2) is 7.12. The minimum absolute atomic E-state index is 0. The van der Waals surface area contributed by atoms with Gasteiger partial charge in [-0.15, -0.1) is 0 Å². The summed E-state index contributed by atoms with van der Waals surface area (Å²) in [7, 11) is 1.07. The number of para-hydroxylation sites is 1. The topological polar surface area (TPSA) is 28.7 Å². The molecule has 1 radical (unpaired) electrons. The van der Waals surface area contributed by atoms with E-state index in [-0.39, 0.29) is 19.5 Å². The second-order valence-electron chi connectivity index (χ2n) is 5.23. The van der Waals surface area contributed by atoms with Crippen LogP contribution in [0.4, 0.5) is 0 Å². The third-order valence-electron chi connectivity index (χ3n) is 3.85. The first kappa shape index (κ1) is 16.0. The summed E-state index contributed by atoms with van der Waals surface area (Å²) in [5.74, 6) is 0. The van der Waals surface area contributed by atoms with E-state index in [0.717, 1.165) is 14.6 Å². The molecule has 0 saturated heterocycles. The number of nitrogens with zero attached hydrogens (tertiary/aromatic N) is 1. The number of hydrogen-bond donors (Lipinski definition) is 1. The molecular formula is C19H15N2RuSi. The van der Waals surface area contributed by atoms with E-state index in [0.29, 0.717) is 0 Å². The number of aromatic nitrogens is 2. The average Bonchev–Trinajstić information content (AvgIpc) is 3.26. The van der Waals surface area contributed by atoms with Gasteiger partial charge in [-0.25, -0.2) is 0 Å². The van der Waals surface area contributed by atoms with Crippen molar-refractivity contribution in [2.24, 2.45) is 0 Å². The third kappa shape index (κ3) is 3.10. The van der Waals surface area contributed by atoms with E-state index in [1.54, 1.807) is 0 Å². The number of nitrogens with one attached hydrogen (secondary N) is 1. The zero-order valence-corrected chi connectivity index (χ0v) is 15.2. The first-order valence-electron chi connectivity index (χ1n) is 7.39. The van der Waals surface area contributed by atoms with E-state index in [1.807, 2.05) is 12.3 Å². The molecule has 0 atom stereocenters. The monoisotopic (exact) mass is 401 g/mol. The van der Waals surface area contributed by atoms with Crippen LogP contribution >= 0.6 is 0 Å². The van der Waals surface area contributed by atoms with Gasteiger partial charge in [-0.2, -0.15) is 0 Å². The Morgan fingerprint density at radius 3 is 2.57 bits per heavy atom. The zero-order chi connectivity index (χ0) is 14.8. The Morgan fingerprint density at radius 1 is 0.913 bits per heavy atom. The van der Waals surface area contributed by atoms with E-state index in [1.165, 1.54) is 33.2 Å². The van der Waals surface area contributed by atoms with Crippen LogP contribution in [-0.4, -0.2) is 24.8 Å². The van der Waals surface area contributed by atoms with Gasteiger partial charge in [-0.3, -0.25) is 4.98 Å². The fraction of sp³-hybridized carbons (Fsp3) is 0.0526. The third-order valence-corrected chi connectivity index (χ3v) is 4.75. The van der Waals surface area contributed by atoms with Gasteiger partial charge in [0.1, 0.15) is 0 Å². The molecule has 0 amide bonds. The summed E-state index contributed by atoms with van der Waals surface area (Å²) in [5, 5.41) is 3.72. The molecule has 113 valence electrons. The molecule has 2 nitrogen and oxygen atoms in total. The van der Waals surface area contributed by atoms with Crippen LogP contribution in [0, 0.1) is 0 Å². The number of aromatic amines is 1. The van der Waals surface area contributed by atoms with Crippen molar-refractivity contribution in [1.29, 1.82) is 0 Å². The molecule has 23 heavy (non-hydrogen) atoms. The largest absolute Gasteiger partial charge is 0.354 e. The normalized spacial score (nSPS) is 12.3. The Bertz CT molecular complexity index is 1010. The standard InChI is InChI=1S/C15H10N2.C4H5Si.Ru/c1-2-6-14-10(4-1)11-7-8-13-12(15(11)17-14)5-3-9-16-13;1-2-4-5-3-1;/h1-9,17H;1-3H,4H2;. The number of rotatable bonds is 0. The summed E-state index contributed by atoms with van der Waals surface area (Å²) < 4.78 is 0. The van der Waals surface area contributed by atoms with Gasteiger partial charge in [0, 0.05) is 56.5 Å². The van der Waals surface area contributed by atoms with Crippen LogP contribution in [-0.2, 0) is 19.5 Å². The van der Waals surface area contributed by atoms with Gasteiger partial charge in [0.2, 0.25) is 0 Å². The molecule has 0 bridgehead atoms. The summed E-state index contributed by atoms with van der Waals surface area (Å²) in [6.45, 7) is 0. The number of allylic oxidation sites excluding steroid dienone is 2. The van der Waals surface area contributed by atoms with E-state index in [9.17, 15) is 0 Å². The molecule has 2 aromatic carbocycles. The summed E-state index contributed by atoms with van der Waals surface area (Å²) in [5.41, 5.74) is 5.60. The molecule has 0 aliphatic carbocycles. The maximum absolute atomic E-state index is 4.38. The quantitative estimate of drug-likeness (QED) is 0.437. The van der Waals surface area contributed by atoms with Crippen LogP contribution in [0.25, 0.3) is 32.7 Å². The van der Waals surface area contributed by atoms with Crippen LogP contribution in [0.2, 0.25) is 6.04 Å². The van der Waals surface area contributed by atoms with E-state index < -0.39 is 0 Å². The molecule has 1 aliphatic heterocycles. The van der Waals surface area contributed by atoms with Crippen LogP contribution < -0.4 is 0 Å². The van der Waals surface area contributed by atoms with Gasteiger partial charge in [0.05, 0.1) is 11.0 Å². The molecule has 0 spiro atoms. The van der Waals surface area contributed by atoms with Gasteiger partial charge in [-0.1, -0.05) is 42.1 Å². The maximum atomic E-state index is 4.38. The first-order chi connectivity index (χ1) is 10.9. The Hall–Kier alpha value is -1.90.